The van der Waals surface area contributed by atoms with E-state index in [1.54, 1.807) is 140 Å². The molecule has 30 nitrogen and oxygen atoms in total. The van der Waals surface area contributed by atoms with Crippen LogP contribution in [0.3, 0.4) is 0 Å². The summed E-state index contributed by atoms with van der Waals surface area (Å²) in [7, 11) is -16.1. The molecule has 0 spiro atoms. The number of halogens is 4. The van der Waals surface area contributed by atoms with Gasteiger partial charge in [-0.2, -0.15) is 39.9 Å². The van der Waals surface area contributed by atoms with Gasteiger partial charge in [0.25, 0.3) is 63.6 Å². The van der Waals surface area contributed by atoms with E-state index in [1.807, 2.05) is 106 Å². The molecule has 0 amide bonds. The second kappa shape index (κ2) is 49.2. The Balaban J connectivity index is 0.000000207. The molecule has 38 heteroatoms. The molecule has 139 heavy (non-hydrogen) atoms. The van der Waals surface area contributed by atoms with Crippen LogP contribution in [0.2, 0.25) is 21.1 Å². The molecular weight excluding hydrogens is 1940 g/mol. The van der Waals surface area contributed by atoms with E-state index in [-0.39, 0.29) is 159 Å². The van der Waals surface area contributed by atoms with Gasteiger partial charge in [0.1, 0.15) is 35.6 Å². The van der Waals surface area contributed by atoms with Crippen LogP contribution in [0.15, 0.2) is 226 Å². The van der Waals surface area contributed by atoms with Gasteiger partial charge in [0.05, 0.1) is 46.0 Å². The van der Waals surface area contributed by atoms with E-state index in [0.717, 1.165) is 57.1 Å². The van der Waals surface area contributed by atoms with E-state index >= 15 is 0 Å². The van der Waals surface area contributed by atoms with Gasteiger partial charge in [0.2, 0.25) is 44.1 Å². The smallest absolute Gasteiger partial charge is 0.264 e. The maximum absolute atomic E-state index is 13.2. The van der Waals surface area contributed by atoms with Crippen LogP contribution in [0.5, 0.6) is 69.5 Å². The summed E-state index contributed by atoms with van der Waals surface area (Å²) in [6.45, 7) is 36.7. The van der Waals surface area contributed by atoms with Gasteiger partial charge in [-0.3, -0.25) is 18.9 Å². The molecular formula is C101H112Cl4N12O18S4. The highest BCUT2D eigenvalue weighted by molar-refractivity contribution is 7.93. The first-order valence-electron chi connectivity index (χ1n) is 43.7. The van der Waals surface area contributed by atoms with E-state index in [1.165, 1.54) is 24.3 Å². The first-order chi connectivity index (χ1) is 65.5. The molecule has 4 aromatic heterocycles. The molecule has 12 aromatic rings. The third kappa shape index (κ3) is 33.5. The predicted molar refractivity (Wildman–Crippen MR) is 542 cm³/mol. The SMILES string of the molecule is C#CCCCOc1nc(Cl)nc(NS(=O)(=O)c2ccc(C(C)(C)C)cc2)c1Oc1cccc(C)c1.C=CCCOc1nc(Cl)nc(NS(=O)(=O)c2ccc(C(C)(C)C)cc2)c1Oc1cccc(C)c1.Cc1cccc(Oc2c(NS(=O)(=O)c3ccc(C(C)(C)C)cc3)nc(Cl)nc2OCCCC=O)c1.Cc1cccc(Oc2c(NS(=O)(=O)c3ccc(C(C)(C)C)cc3)nc(Cl)nc2OCCCC=O)c1. The normalized spacial score (nSPS) is 11.6. The fourth-order valence-corrected chi connectivity index (χ4v) is 17.0. The van der Waals surface area contributed by atoms with Gasteiger partial charge in [-0.1, -0.05) is 186 Å². The number of terminal acetylenes is 1. The fraction of sp³-hybridized carbons (Fsp3) is 0.307. The largest absolute Gasteiger partial charge is 0.475 e. The lowest BCUT2D eigenvalue weighted by Gasteiger charge is -2.19. The number of hydrogen-bond acceptors (Lipinski definition) is 26. The summed E-state index contributed by atoms with van der Waals surface area (Å²) >= 11 is 24.4. The molecule has 0 fully saturated rings. The number of rotatable bonds is 38. The van der Waals surface area contributed by atoms with Crippen LogP contribution in [0.1, 0.15) is 173 Å². The van der Waals surface area contributed by atoms with Gasteiger partial charge in [-0.15, -0.1) is 18.9 Å². The first kappa shape index (κ1) is 110. The Labute approximate surface area is 833 Å². The lowest BCUT2D eigenvalue weighted by molar-refractivity contribution is -0.108. The van der Waals surface area contributed by atoms with Gasteiger partial charge in [-0.25, -0.2) is 33.7 Å². The van der Waals surface area contributed by atoms with E-state index in [4.69, 9.17) is 90.7 Å². The Morgan fingerprint density at radius 3 is 0.755 bits per heavy atom. The summed E-state index contributed by atoms with van der Waals surface area (Å²) in [6, 6.07) is 55.4. The van der Waals surface area contributed by atoms with Crippen LogP contribution in [0.4, 0.5) is 23.3 Å². The minimum atomic E-state index is -4.04. The molecule has 4 N–H and O–H groups in total. The molecule has 0 saturated heterocycles. The van der Waals surface area contributed by atoms with Crippen molar-refractivity contribution in [2.24, 2.45) is 0 Å². The maximum Gasteiger partial charge on any atom is 0.264 e. The number of sulfonamides is 4. The van der Waals surface area contributed by atoms with Crippen LogP contribution in [-0.2, 0) is 71.3 Å². The van der Waals surface area contributed by atoms with Crippen molar-refractivity contribution in [3.05, 3.63) is 272 Å². The van der Waals surface area contributed by atoms with Crippen molar-refractivity contribution in [3.8, 4) is 81.9 Å². The van der Waals surface area contributed by atoms with Crippen molar-refractivity contribution in [1.29, 1.82) is 0 Å². The van der Waals surface area contributed by atoms with Gasteiger partial charge >= 0.3 is 0 Å². The number of aryl methyl sites for hydroxylation is 4. The highest BCUT2D eigenvalue weighted by atomic mass is 35.5. The summed E-state index contributed by atoms with van der Waals surface area (Å²) < 4.78 is 162. The molecule has 8 aromatic carbocycles. The molecule has 736 valence electrons. The number of carbonyl (C=O) groups excluding carboxylic acids is 2. The minimum Gasteiger partial charge on any atom is -0.475 e. The number of nitrogens with zero attached hydrogens (tertiary/aromatic N) is 8. The van der Waals surface area contributed by atoms with E-state index in [2.05, 4.69) is 113 Å². The molecule has 0 radical (unpaired) electrons. The second-order valence-corrected chi connectivity index (χ2v) is 43.6. The van der Waals surface area contributed by atoms with Crippen LogP contribution in [-0.4, -0.2) is 113 Å². The molecule has 12 rings (SSSR count). The highest BCUT2D eigenvalue weighted by Crippen LogP contribution is 2.45. The molecule has 0 aliphatic carbocycles. The number of unbranched alkanes of at least 4 members (excludes halogenated alkanes) is 3. The molecule has 0 aliphatic rings. The number of anilines is 4. The molecule has 0 atom stereocenters. The predicted octanol–water partition coefficient (Wildman–Crippen LogP) is 23.8. The third-order valence-electron chi connectivity index (χ3n) is 19.8. The van der Waals surface area contributed by atoms with Crippen molar-refractivity contribution in [2.75, 3.05) is 45.3 Å². The highest BCUT2D eigenvalue weighted by Gasteiger charge is 2.32. The van der Waals surface area contributed by atoms with Crippen LogP contribution < -0.4 is 56.8 Å². The summed E-state index contributed by atoms with van der Waals surface area (Å²) in [6.07, 6.45) is 11.7. The number of benzene rings is 8. The first-order valence-corrected chi connectivity index (χ1v) is 51.2. The van der Waals surface area contributed by atoms with Crippen molar-refractivity contribution >= 4 is 122 Å². The second-order valence-electron chi connectivity index (χ2n) is 35.5. The van der Waals surface area contributed by atoms with E-state index in [0.29, 0.717) is 67.9 Å². The van der Waals surface area contributed by atoms with Gasteiger partial charge in [-0.05, 0) is 263 Å². The number of carbonyl (C=O) groups is 2. The average molecular weight is 2050 g/mol. The summed E-state index contributed by atoms with van der Waals surface area (Å²) in [5, 5.41) is -0.846. The lowest BCUT2D eigenvalue weighted by Crippen LogP contribution is -2.17. The van der Waals surface area contributed by atoms with Crippen molar-refractivity contribution < 1.29 is 81.2 Å². The third-order valence-corrected chi connectivity index (χ3v) is 25.9. The summed E-state index contributed by atoms with van der Waals surface area (Å²) in [4.78, 5) is 54.2. The lowest BCUT2D eigenvalue weighted by atomic mass is 9.87. The zero-order valence-electron chi connectivity index (χ0n) is 79.8. The summed E-state index contributed by atoms with van der Waals surface area (Å²) in [5.41, 5.74) is 7.33. The number of ether oxygens (including phenoxy) is 8. The number of aromatic nitrogens is 8. The molecule has 0 saturated carbocycles. The summed E-state index contributed by atoms with van der Waals surface area (Å²) in [5.74, 6) is 3.58. The molecule has 0 bridgehead atoms. The van der Waals surface area contributed by atoms with E-state index < -0.39 is 40.1 Å². The van der Waals surface area contributed by atoms with Crippen molar-refractivity contribution in [3.63, 3.8) is 0 Å². The van der Waals surface area contributed by atoms with E-state index in [9.17, 15) is 43.3 Å². The zero-order valence-corrected chi connectivity index (χ0v) is 86.1. The Kier molecular flexibility index (Phi) is 38.9. The Morgan fingerprint density at radius 2 is 0.554 bits per heavy atom. The molecule has 4 heterocycles. The monoisotopic (exact) mass is 2050 g/mol. The number of hydrogen-bond donors (Lipinski definition) is 4. The van der Waals surface area contributed by atoms with Gasteiger partial charge in [0, 0.05) is 19.3 Å². The van der Waals surface area contributed by atoms with Crippen LogP contribution in [0, 0.1) is 40.0 Å². The Hall–Kier alpha value is -12.7. The number of aldehydes is 2. The molecule has 0 aliphatic heterocycles. The average Bonchev–Trinajstić information content (AvgIpc) is 0.799. The Morgan fingerprint density at radius 1 is 0.331 bits per heavy atom. The minimum absolute atomic E-state index is 0.00399. The van der Waals surface area contributed by atoms with Gasteiger partial charge in [0.15, 0.2) is 23.3 Å². The number of nitrogens with one attached hydrogen (secondary N) is 4. The van der Waals surface area contributed by atoms with Gasteiger partial charge < -0.3 is 47.5 Å². The quantitative estimate of drug-likeness (QED) is 0.00918. The maximum atomic E-state index is 13.2. The Bertz CT molecular complexity index is 6600. The fourth-order valence-electron chi connectivity index (χ4n) is 12.4. The zero-order chi connectivity index (χ0) is 102. The topological polar surface area (TPSA) is 396 Å². The van der Waals surface area contributed by atoms with Crippen molar-refractivity contribution in [1.82, 2.24) is 39.9 Å². The van der Waals surface area contributed by atoms with Crippen molar-refractivity contribution in [2.45, 2.75) is 197 Å². The van der Waals surface area contributed by atoms with Crippen LogP contribution in [0.25, 0.3) is 0 Å². The van der Waals surface area contributed by atoms with Crippen LogP contribution >= 0.6 is 46.4 Å². The standard InChI is InChI=1S/C26H28ClN3O4S.2C25H28ClN3O5S.C25H28ClN3O4S/c1-6-7-8-16-33-24-22(34-20-11-9-10-18(2)17-20)23(28-25(27)29-24)30-35(31,32)21-14-12-19(13-15-21)26(3,4)5;2*1-17-8-7-9-19(16-17)34-21-22(27-24(26)28-23(21)33-15-6-5-14-30)29-35(31,32)20-12-10-18(11-13-20)25(2,3)4;1-6-7-15-32-23-21(33-19-10-8-9-17(2)16-19)22(27-24(26)28-23)29-34(30,31)20-13-11-18(12-14-20)25(3,4)5/h1,9-15,17H,7-8,16H2,2-5H3,(H,28,29,30);2*7-14,16H,5-6,15H2,1-4H3,(H,27,28,29);6,8-14,16H,1,7,15H2,2-5H3,(H,27,28,29). The molecule has 0 unspecified atom stereocenters.